The van der Waals surface area contributed by atoms with Crippen molar-refractivity contribution >= 4 is 0 Å². The lowest BCUT2D eigenvalue weighted by Gasteiger charge is -2.27. The molecule has 0 saturated carbocycles. The van der Waals surface area contributed by atoms with E-state index in [-0.39, 0.29) is 0 Å². The number of hydrogen-bond acceptors (Lipinski definition) is 4. The van der Waals surface area contributed by atoms with Gasteiger partial charge in [-0.2, -0.15) is 0 Å². The van der Waals surface area contributed by atoms with E-state index >= 15 is 0 Å². The van der Waals surface area contributed by atoms with Crippen molar-refractivity contribution in [2.75, 3.05) is 45.8 Å². The summed E-state index contributed by atoms with van der Waals surface area (Å²) < 4.78 is 0. The highest BCUT2D eigenvalue weighted by atomic mass is 15.2. The van der Waals surface area contributed by atoms with Crippen LogP contribution in [0.2, 0.25) is 0 Å². The Morgan fingerprint density at radius 3 is 2.72 bits per heavy atom. The highest BCUT2D eigenvalue weighted by Crippen LogP contribution is 1.96. The molecule has 4 nitrogen and oxygen atoms in total. The summed E-state index contributed by atoms with van der Waals surface area (Å²) in [5, 5.41) is 6.89. The van der Waals surface area contributed by atoms with Gasteiger partial charge in [0.05, 0.1) is 0 Å². The first-order valence-electron chi connectivity index (χ1n) is 6.98. The first-order valence-corrected chi connectivity index (χ1v) is 6.98. The monoisotopic (exact) mass is 248 g/mol. The molecule has 2 rings (SSSR count). The molecule has 0 aromatic carbocycles. The summed E-state index contributed by atoms with van der Waals surface area (Å²) in [6, 6.07) is 4.17. The second-order valence-corrected chi connectivity index (χ2v) is 4.80. The van der Waals surface area contributed by atoms with Gasteiger partial charge in [-0.15, -0.1) is 0 Å². The number of rotatable bonds is 7. The summed E-state index contributed by atoms with van der Waals surface area (Å²) in [5.41, 5.74) is 1.36. The van der Waals surface area contributed by atoms with Crippen LogP contribution in [0, 0.1) is 0 Å². The lowest BCUT2D eigenvalue weighted by molar-refractivity contribution is 0.238. The second kappa shape index (κ2) is 8.19. The van der Waals surface area contributed by atoms with E-state index in [2.05, 4.69) is 32.7 Å². The van der Waals surface area contributed by atoms with Crippen molar-refractivity contribution in [3.05, 3.63) is 30.1 Å². The average Bonchev–Trinajstić information content (AvgIpc) is 2.45. The highest BCUT2D eigenvalue weighted by molar-refractivity contribution is 5.09. The Bertz CT molecular complexity index is 309. The van der Waals surface area contributed by atoms with Crippen LogP contribution in [0.5, 0.6) is 0 Å². The maximum Gasteiger partial charge on any atom is 0.0270 e. The van der Waals surface area contributed by atoms with Crippen molar-refractivity contribution in [1.82, 2.24) is 20.5 Å². The molecule has 100 valence electrons. The minimum atomic E-state index is 1.06. The van der Waals surface area contributed by atoms with Crippen LogP contribution in [0.3, 0.4) is 0 Å². The minimum absolute atomic E-state index is 1.06. The third-order valence-corrected chi connectivity index (χ3v) is 3.38. The fraction of sp³-hybridized carbons (Fsp3) is 0.643. The van der Waals surface area contributed by atoms with E-state index in [1.54, 1.807) is 0 Å². The lowest BCUT2D eigenvalue weighted by Crippen LogP contribution is -2.44. The number of nitrogens with zero attached hydrogens (tertiary/aromatic N) is 2. The number of piperazine rings is 1. The molecule has 0 atom stereocenters. The van der Waals surface area contributed by atoms with Gasteiger partial charge in [-0.3, -0.25) is 4.98 Å². The van der Waals surface area contributed by atoms with Crippen LogP contribution < -0.4 is 10.6 Å². The predicted octanol–water partition coefficient (Wildman–Crippen LogP) is 0.509. The van der Waals surface area contributed by atoms with Crippen LogP contribution in [-0.2, 0) is 6.42 Å². The molecular formula is C14H24N4. The van der Waals surface area contributed by atoms with E-state index in [0.29, 0.717) is 0 Å². The molecule has 1 aliphatic rings. The highest BCUT2D eigenvalue weighted by Gasteiger charge is 2.07. The number of nitrogens with one attached hydrogen (secondary N) is 2. The van der Waals surface area contributed by atoms with Crippen LogP contribution in [0.4, 0.5) is 0 Å². The number of hydrogen-bond donors (Lipinski definition) is 2. The molecule has 2 N–H and O–H groups in total. The molecule has 0 unspecified atom stereocenters. The Hall–Kier alpha value is -0.970. The molecule has 18 heavy (non-hydrogen) atoms. The quantitative estimate of drug-likeness (QED) is 0.690. The fourth-order valence-corrected chi connectivity index (χ4v) is 2.27. The smallest absolute Gasteiger partial charge is 0.0270 e. The van der Waals surface area contributed by atoms with Crippen molar-refractivity contribution in [1.29, 1.82) is 0 Å². The van der Waals surface area contributed by atoms with Crippen LogP contribution in [0.15, 0.2) is 24.5 Å². The van der Waals surface area contributed by atoms with E-state index in [4.69, 9.17) is 0 Å². The molecule has 2 heterocycles. The topological polar surface area (TPSA) is 40.2 Å². The van der Waals surface area contributed by atoms with Gasteiger partial charge in [0.15, 0.2) is 0 Å². The Balaban J connectivity index is 1.46. The summed E-state index contributed by atoms with van der Waals surface area (Å²) in [5.74, 6) is 0. The van der Waals surface area contributed by atoms with Crippen LogP contribution >= 0.6 is 0 Å². The second-order valence-electron chi connectivity index (χ2n) is 4.80. The van der Waals surface area contributed by atoms with Gasteiger partial charge in [0, 0.05) is 38.6 Å². The minimum Gasteiger partial charge on any atom is -0.316 e. The van der Waals surface area contributed by atoms with Gasteiger partial charge in [-0.1, -0.05) is 0 Å². The molecule has 0 radical (unpaired) electrons. The lowest BCUT2D eigenvalue weighted by atomic mass is 10.2. The largest absolute Gasteiger partial charge is 0.316 e. The van der Waals surface area contributed by atoms with E-state index in [9.17, 15) is 0 Å². The molecule has 0 bridgehead atoms. The molecule has 1 aromatic heterocycles. The summed E-state index contributed by atoms with van der Waals surface area (Å²) in [6.07, 6.45) is 6.06. The average molecular weight is 248 g/mol. The molecular weight excluding hydrogens is 224 g/mol. The van der Waals surface area contributed by atoms with Crippen molar-refractivity contribution in [3.63, 3.8) is 0 Å². The van der Waals surface area contributed by atoms with Gasteiger partial charge in [0.1, 0.15) is 0 Å². The first kappa shape index (κ1) is 13.5. The Labute approximate surface area is 110 Å². The maximum atomic E-state index is 4.02. The third kappa shape index (κ3) is 5.12. The Kier molecular flexibility index (Phi) is 6.12. The SMILES string of the molecule is c1cc(CCNCCCN2CCNCC2)ccn1. The van der Waals surface area contributed by atoms with Gasteiger partial charge < -0.3 is 15.5 Å². The third-order valence-electron chi connectivity index (χ3n) is 3.38. The van der Waals surface area contributed by atoms with Crippen molar-refractivity contribution in [2.45, 2.75) is 12.8 Å². The van der Waals surface area contributed by atoms with Crippen molar-refractivity contribution in [3.8, 4) is 0 Å². The van der Waals surface area contributed by atoms with Gasteiger partial charge >= 0.3 is 0 Å². The van der Waals surface area contributed by atoms with E-state index < -0.39 is 0 Å². The van der Waals surface area contributed by atoms with Gasteiger partial charge in [0.2, 0.25) is 0 Å². The van der Waals surface area contributed by atoms with Crippen molar-refractivity contribution in [2.24, 2.45) is 0 Å². The summed E-state index contributed by atoms with van der Waals surface area (Å²) in [6.45, 7) is 8.11. The van der Waals surface area contributed by atoms with Crippen LogP contribution in [0.1, 0.15) is 12.0 Å². The molecule has 1 fully saturated rings. The molecule has 4 heteroatoms. The van der Waals surface area contributed by atoms with Gasteiger partial charge in [-0.05, 0) is 50.2 Å². The standard InChI is InChI=1S/C14H24N4/c1(11-18-12-9-17-10-13-18)5-15-6-2-14-3-7-16-8-4-14/h3-4,7-8,15,17H,1-2,5-6,9-13H2. The molecule has 1 saturated heterocycles. The summed E-state index contributed by atoms with van der Waals surface area (Å²) in [7, 11) is 0. The Morgan fingerprint density at radius 2 is 1.94 bits per heavy atom. The number of aromatic nitrogens is 1. The van der Waals surface area contributed by atoms with Gasteiger partial charge in [-0.25, -0.2) is 0 Å². The first-order chi connectivity index (χ1) is 8.95. The Morgan fingerprint density at radius 1 is 1.17 bits per heavy atom. The maximum absolute atomic E-state index is 4.02. The molecule has 0 aliphatic carbocycles. The zero-order chi connectivity index (χ0) is 12.5. The predicted molar refractivity (Wildman–Crippen MR) is 74.7 cm³/mol. The summed E-state index contributed by atoms with van der Waals surface area (Å²) in [4.78, 5) is 6.57. The zero-order valence-corrected chi connectivity index (χ0v) is 11.1. The normalized spacial score (nSPS) is 16.9. The molecule has 1 aliphatic heterocycles. The fourth-order valence-electron chi connectivity index (χ4n) is 2.27. The van der Waals surface area contributed by atoms with Crippen LogP contribution in [0.25, 0.3) is 0 Å². The van der Waals surface area contributed by atoms with E-state index in [1.807, 2.05) is 12.4 Å². The van der Waals surface area contributed by atoms with E-state index in [0.717, 1.165) is 32.6 Å². The molecule has 0 amide bonds. The number of pyridine rings is 1. The van der Waals surface area contributed by atoms with Gasteiger partial charge in [0.25, 0.3) is 0 Å². The zero-order valence-electron chi connectivity index (χ0n) is 11.1. The van der Waals surface area contributed by atoms with E-state index in [1.165, 1.54) is 31.6 Å². The summed E-state index contributed by atoms with van der Waals surface area (Å²) >= 11 is 0. The molecule has 0 spiro atoms. The van der Waals surface area contributed by atoms with Crippen molar-refractivity contribution < 1.29 is 0 Å². The van der Waals surface area contributed by atoms with Crippen LogP contribution in [-0.4, -0.2) is 55.7 Å². The molecule has 1 aromatic rings.